The normalized spacial score (nSPS) is 18.2. The van der Waals surface area contributed by atoms with Gasteiger partial charge >= 0.3 is 0 Å². The van der Waals surface area contributed by atoms with E-state index in [-0.39, 0.29) is 0 Å². The fraction of sp³-hybridized carbons (Fsp3) is 0.474. The molecule has 0 radical (unpaired) electrons. The van der Waals surface area contributed by atoms with Crippen molar-refractivity contribution in [1.82, 2.24) is 25.1 Å². The summed E-state index contributed by atoms with van der Waals surface area (Å²) in [5, 5.41) is 7.86. The lowest BCUT2D eigenvalue weighted by Crippen LogP contribution is -2.32. The van der Waals surface area contributed by atoms with Crippen molar-refractivity contribution in [3.05, 3.63) is 34.5 Å². The minimum Gasteiger partial charge on any atom is -0.337 e. The molecule has 0 unspecified atom stereocenters. The number of hydrogen-bond donors (Lipinski definition) is 2. The molecule has 0 spiro atoms. The molecule has 1 fully saturated rings. The Bertz CT molecular complexity index is 876. The zero-order valence-electron chi connectivity index (χ0n) is 14.3. The van der Waals surface area contributed by atoms with Crippen LogP contribution in [0.2, 0.25) is 0 Å². The maximum absolute atomic E-state index is 4.79. The van der Waals surface area contributed by atoms with Crippen LogP contribution in [0.4, 0.5) is 0 Å². The number of hydrogen-bond acceptors (Lipinski definition) is 3. The highest BCUT2D eigenvalue weighted by Gasteiger charge is 2.28. The van der Waals surface area contributed by atoms with E-state index in [4.69, 9.17) is 4.98 Å². The SMILES string of the molecule is Cc1cc2nc(-c3n[nH]c4c3CCN(CC3CC3)C4)[nH]c2cc1C. The van der Waals surface area contributed by atoms with Crippen LogP contribution in [-0.4, -0.2) is 38.2 Å². The zero-order valence-corrected chi connectivity index (χ0v) is 14.3. The standard InChI is InChI=1S/C19H23N5/c1-11-7-15-16(8-12(11)2)21-19(20-15)18-14-5-6-24(9-13-3-4-13)10-17(14)22-23-18/h7-8,13H,3-6,9-10H2,1-2H3,(H,20,21)(H,22,23). The Morgan fingerprint density at radius 3 is 2.88 bits per heavy atom. The number of H-pyrrole nitrogens is 2. The van der Waals surface area contributed by atoms with E-state index in [0.29, 0.717) is 0 Å². The van der Waals surface area contributed by atoms with Gasteiger partial charge in [0.1, 0.15) is 5.69 Å². The van der Waals surface area contributed by atoms with Crippen molar-refractivity contribution in [2.45, 2.75) is 39.7 Å². The molecule has 5 heteroatoms. The monoisotopic (exact) mass is 321 g/mol. The number of benzene rings is 1. The molecule has 24 heavy (non-hydrogen) atoms. The number of nitrogens with zero attached hydrogens (tertiary/aromatic N) is 3. The molecule has 0 amide bonds. The van der Waals surface area contributed by atoms with Crippen molar-refractivity contribution in [2.75, 3.05) is 13.1 Å². The number of aromatic nitrogens is 4. The van der Waals surface area contributed by atoms with Crippen LogP contribution < -0.4 is 0 Å². The summed E-state index contributed by atoms with van der Waals surface area (Å²) < 4.78 is 0. The Morgan fingerprint density at radius 1 is 1.21 bits per heavy atom. The first-order chi connectivity index (χ1) is 11.7. The number of aryl methyl sites for hydroxylation is 2. The van der Waals surface area contributed by atoms with Gasteiger partial charge in [-0.2, -0.15) is 5.10 Å². The van der Waals surface area contributed by atoms with Crippen LogP contribution in [0.5, 0.6) is 0 Å². The average Bonchev–Trinajstić information content (AvgIpc) is 3.13. The van der Waals surface area contributed by atoms with Gasteiger partial charge in [0.15, 0.2) is 5.82 Å². The van der Waals surface area contributed by atoms with Crippen molar-refractivity contribution in [1.29, 1.82) is 0 Å². The van der Waals surface area contributed by atoms with Gasteiger partial charge in [0, 0.05) is 25.2 Å². The van der Waals surface area contributed by atoms with Crippen molar-refractivity contribution in [3.63, 3.8) is 0 Å². The van der Waals surface area contributed by atoms with Gasteiger partial charge in [0.2, 0.25) is 0 Å². The van der Waals surface area contributed by atoms with Crippen LogP contribution >= 0.6 is 0 Å². The average molecular weight is 321 g/mol. The fourth-order valence-electron chi connectivity index (χ4n) is 3.77. The van der Waals surface area contributed by atoms with Gasteiger partial charge in [0.25, 0.3) is 0 Å². The Labute approximate surface area is 141 Å². The maximum atomic E-state index is 4.79. The van der Waals surface area contributed by atoms with Gasteiger partial charge in [-0.15, -0.1) is 0 Å². The lowest BCUT2D eigenvalue weighted by atomic mass is 10.0. The molecule has 1 aliphatic heterocycles. The molecular formula is C19H23N5. The summed E-state index contributed by atoms with van der Waals surface area (Å²) in [5.74, 6) is 1.83. The van der Waals surface area contributed by atoms with Crippen LogP contribution in [0.1, 0.15) is 35.2 Å². The molecule has 5 rings (SSSR count). The molecule has 124 valence electrons. The summed E-state index contributed by atoms with van der Waals surface area (Å²) in [6.07, 6.45) is 3.88. The highest BCUT2D eigenvalue weighted by Crippen LogP contribution is 2.33. The van der Waals surface area contributed by atoms with Gasteiger partial charge in [0.05, 0.1) is 16.7 Å². The number of rotatable bonds is 3. The smallest absolute Gasteiger partial charge is 0.159 e. The number of aromatic amines is 2. The predicted octanol–water partition coefficient (Wildman–Crippen LogP) is 3.34. The first-order valence-electron chi connectivity index (χ1n) is 8.93. The van der Waals surface area contributed by atoms with Crippen LogP contribution in [0, 0.1) is 19.8 Å². The van der Waals surface area contributed by atoms with Crippen LogP contribution in [-0.2, 0) is 13.0 Å². The van der Waals surface area contributed by atoms with Gasteiger partial charge in [-0.05, 0) is 62.3 Å². The molecule has 2 aliphatic rings. The lowest BCUT2D eigenvalue weighted by Gasteiger charge is -2.26. The van der Waals surface area contributed by atoms with E-state index in [1.54, 1.807) is 0 Å². The largest absolute Gasteiger partial charge is 0.337 e. The van der Waals surface area contributed by atoms with Crippen molar-refractivity contribution in [2.24, 2.45) is 5.92 Å². The molecule has 1 saturated carbocycles. The molecule has 2 N–H and O–H groups in total. The third-order valence-corrected chi connectivity index (χ3v) is 5.55. The number of fused-ring (bicyclic) bond motifs is 2. The van der Waals surface area contributed by atoms with Crippen LogP contribution in [0.15, 0.2) is 12.1 Å². The highest BCUT2D eigenvalue weighted by molar-refractivity contribution is 5.81. The van der Waals surface area contributed by atoms with Crippen molar-refractivity contribution >= 4 is 11.0 Å². The van der Waals surface area contributed by atoms with E-state index in [0.717, 1.165) is 48.0 Å². The van der Waals surface area contributed by atoms with E-state index in [1.165, 1.54) is 41.8 Å². The first-order valence-corrected chi connectivity index (χ1v) is 8.93. The second-order valence-corrected chi connectivity index (χ2v) is 7.50. The third-order valence-electron chi connectivity index (χ3n) is 5.55. The molecule has 0 bridgehead atoms. The number of nitrogens with one attached hydrogen (secondary N) is 2. The lowest BCUT2D eigenvalue weighted by molar-refractivity contribution is 0.241. The van der Waals surface area contributed by atoms with Crippen LogP contribution in [0.25, 0.3) is 22.6 Å². The van der Waals surface area contributed by atoms with E-state index < -0.39 is 0 Å². The number of imidazole rings is 1. The highest BCUT2D eigenvalue weighted by atomic mass is 15.2. The Morgan fingerprint density at radius 2 is 2.04 bits per heavy atom. The van der Waals surface area contributed by atoms with Gasteiger partial charge in [-0.25, -0.2) is 4.98 Å². The second kappa shape index (κ2) is 5.18. The van der Waals surface area contributed by atoms with Gasteiger partial charge in [-0.1, -0.05) is 0 Å². The second-order valence-electron chi connectivity index (χ2n) is 7.50. The van der Waals surface area contributed by atoms with E-state index in [9.17, 15) is 0 Å². The van der Waals surface area contributed by atoms with Crippen molar-refractivity contribution in [3.8, 4) is 11.5 Å². The van der Waals surface area contributed by atoms with E-state index in [1.807, 2.05) is 0 Å². The molecule has 1 aliphatic carbocycles. The molecule has 1 aromatic carbocycles. The molecule has 0 saturated heterocycles. The molecule has 0 atom stereocenters. The van der Waals surface area contributed by atoms with E-state index in [2.05, 4.69) is 46.1 Å². The van der Waals surface area contributed by atoms with Gasteiger partial charge in [-0.3, -0.25) is 10.00 Å². The minimum absolute atomic E-state index is 0.892. The Balaban J connectivity index is 1.48. The third kappa shape index (κ3) is 2.35. The maximum Gasteiger partial charge on any atom is 0.159 e. The van der Waals surface area contributed by atoms with E-state index >= 15 is 0 Å². The summed E-state index contributed by atoms with van der Waals surface area (Å²) >= 11 is 0. The summed E-state index contributed by atoms with van der Waals surface area (Å²) in [6, 6.07) is 4.33. The molecule has 2 aromatic heterocycles. The minimum atomic E-state index is 0.892. The molecule has 3 heterocycles. The quantitative estimate of drug-likeness (QED) is 0.778. The Kier molecular flexibility index (Phi) is 3.07. The zero-order chi connectivity index (χ0) is 16.3. The topological polar surface area (TPSA) is 60.6 Å². The van der Waals surface area contributed by atoms with Crippen molar-refractivity contribution < 1.29 is 0 Å². The molecular weight excluding hydrogens is 298 g/mol. The summed E-state index contributed by atoms with van der Waals surface area (Å²) in [5.41, 5.74) is 8.30. The summed E-state index contributed by atoms with van der Waals surface area (Å²) in [7, 11) is 0. The first kappa shape index (κ1) is 14.2. The predicted molar refractivity (Wildman–Crippen MR) is 94.9 cm³/mol. The summed E-state index contributed by atoms with van der Waals surface area (Å²) in [4.78, 5) is 10.8. The molecule has 3 aromatic rings. The van der Waals surface area contributed by atoms with Gasteiger partial charge < -0.3 is 4.98 Å². The summed E-state index contributed by atoms with van der Waals surface area (Å²) in [6.45, 7) is 7.65. The molecule has 5 nitrogen and oxygen atoms in total. The fourth-order valence-corrected chi connectivity index (χ4v) is 3.77. The Hall–Kier alpha value is -2.14. The van der Waals surface area contributed by atoms with Crippen LogP contribution in [0.3, 0.4) is 0 Å².